The lowest BCUT2D eigenvalue weighted by molar-refractivity contribution is 0.0951. The summed E-state index contributed by atoms with van der Waals surface area (Å²) in [6.07, 6.45) is 2.20. The van der Waals surface area contributed by atoms with E-state index < -0.39 is 0 Å². The van der Waals surface area contributed by atoms with Gasteiger partial charge >= 0.3 is 0 Å². The number of hydrogen-bond donors (Lipinski definition) is 2. The lowest BCUT2D eigenvalue weighted by Gasteiger charge is -2.13. The summed E-state index contributed by atoms with van der Waals surface area (Å²) in [5.41, 5.74) is 1.65. The maximum atomic E-state index is 11.9. The van der Waals surface area contributed by atoms with Gasteiger partial charge in [-0.2, -0.15) is 0 Å². The highest BCUT2D eigenvalue weighted by molar-refractivity contribution is 9.10. The summed E-state index contributed by atoms with van der Waals surface area (Å²) in [6, 6.07) is 11.7. The lowest BCUT2D eigenvalue weighted by atomic mass is 10.1. The summed E-state index contributed by atoms with van der Waals surface area (Å²) in [5, 5.41) is 6.32. The van der Waals surface area contributed by atoms with E-state index >= 15 is 0 Å². The minimum atomic E-state index is 0.00654. The highest BCUT2D eigenvalue weighted by Gasteiger charge is 2.23. The van der Waals surface area contributed by atoms with Crippen molar-refractivity contribution in [1.29, 1.82) is 0 Å². The highest BCUT2D eigenvalue weighted by atomic mass is 79.9. The highest BCUT2D eigenvalue weighted by Crippen LogP contribution is 2.24. The van der Waals surface area contributed by atoms with Crippen LogP contribution in [0.15, 0.2) is 45.5 Å². The number of benzene rings is 1. The Balaban J connectivity index is 1.62. The van der Waals surface area contributed by atoms with Crippen molar-refractivity contribution in [3.8, 4) is 0 Å². The van der Waals surface area contributed by atoms with E-state index in [1.165, 1.54) is 0 Å². The van der Waals surface area contributed by atoms with Crippen LogP contribution >= 0.6 is 15.9 Å². The molecule has 2 aromatic rings. The molecule has 110 valence electrons. The molecule has 1 aliphatic carbocycles. The largest absolute Gasteiger partial charge is 0.452 e. The molecule has 1 aliphatic rings. The van der Waals surface area contributed by atoms with E-state index in [0.29, 0.717) is 11.6 Å². The Labute approximate surface area is 132 Å². The molecule has 21 heavy (non-hydrogen) atoms. The van der Waals surface area contributed by atoms with Crippen LogP contribution in [0.25, 0.3) is 0 Å². The summed E-state index contributed by atoms with van der Waals surface area (Å²) in [7, 11) is 0. The van der Waals surface area contributed by atoms with Gasteiger partial charge in [-0.3, -0.25) is 4.79 Å². The van der Waals surface area contributed by atoms with Crippen LogP contribution in [-0.4, -0.2) is 11.9 Å². The first-order chi connectivity index (χ1) is 10.1. The van der Waals surface area contributed by atoms with E-state index in [-0.39, 0.29) is 11.9 Å². The van der Waals surface area contributed by atoms with Gasteiger partial charge in [0.2, 0.25) is 0 Å². The topological polar surface area (TPSA) is 54.3 Å². The van der Waals surface area contributed by atoms with Gasteiger partial charge in [0.1, 0.15) is 5.76 Å². The fourth-order valence-electron chi connectivity index (χ4n) is 2.10. The summed E-state index contributed by atoms with van der Waals surface area (Å²) in [5.74, 6) is 0.865. The van der Waals surface area contributed by atoms with Gasteiger partial charge in [0.25, 0.3) is 5.91 Å². The van der Waals surface area contributed by atoms with Crippen LogP contribution in [0.5, 0.6) is 0 Å². The van der Waals surface area contributed by atoms with Gasteiger partial charge in [0.15, 0.2) is 4.67 Å². The Morgan fingerprint density at radius 2 is 1.95 bits per heavy atom. The number of amides is 1. The molecule has 1 aromatic heterocycles. The van der Waals surface area contributed by atoms with Crippen molar-refractivity contribution in [1.82, 2.24) is 5.32 Å². The SMILES string of the molecule is CC(Nc1ccc(C(=O)NC2CC2)cc1)c1ccc(Br)o1. The average molecular weight is 349 g/mol. The van der Waals surface area contributed by atoms with Gasteiger partial charge in [-0.1, -0.05) is 0 Å². The molecule has 0 radical (unpaired) electrons. The molecule has 0 bridgehead atoms. The molecule has 0 saturated heterocycles. The monoisotopic (exact) mass is 348 g/mol. The first kappa shape index (κ1) is 14.2. The van der Waals surface area contributed by atoms with Crippen LogP contribution in [0.2, 0.25) is 0 Å². The van der Waals surface area contributed by atoms with Crippen LogP contribution in [-0.2, 0) is 0 Å². The third-order valence-corrected chi connectivity index (χ3v) is 3.89. The van der Waals surface area contributed by atoms with Crippen molar-refractivity contribution in [2.45, 2.75) is 31.8 Å². The van der Waals surface area contributed by atoms with E-state index in [9.17, 15) is 4.79 Å². The number of rotatable bonds is 5. The third-order valence-electron chi connectivity index (χ3n) is 3.46. The summed E-state index contributed by atoms with van der Waals surface area (Å²) < 4.78 is 6.24. The molecule has 0 aliphatic heterocycles. The number of furan rings is 1. The van der Waals surface area contributed by atoms with Crippen molar-refractivity contribution in [3.63, 3.8) is 0 Å². The molecule has 4 nitrogen and oxygen atoms in total. The molecule has 1 saturated carbocycles. The zero-order chi connectivity index (χ0) is 14.8. The fourth-order valence-corrected chi connectivity index (χ4v) is 2.42. The van der Waals surface area contributed by atoms with Crippen LogP contribution in [0.4, 0.5) is 5.69 Å². The minimum Gasteiger partial charge on any atom is -0.452 e. The molecular formula is C16H17BrN2O2. The van der Waals surface area contributed by atoms with Crippen LogP contribution < -0.4 is 10.6 Å². The lowest BCUT2D eigenvalue weighted by Crippen LogP contribution is -2.25. The summed E-state index contributed by atoms with van der Waals surface area (Å²) >= 11 is 3.30. The zero-order valence-electron chi connectivity index (χ0n) is 11.7. The number of nitrogens with one attached hydrogen (secondary N) is 2. The van der Waals surface area contributed by atoms with Gasteiger partial charge < -0.3 is 15.1 Å². The fraction of sp³-hybridized carbons (Fsp3) is 0.312. The number of hydrogen-bond acceptors (Lipinski definition) is 3. The van der Waals surface area contributed by atoms with Gasteiger partial charge in [-0.15, -0.1) is 0 Å². The Kier molecular flexibility index (Phi) is 4.01. The Hall–Kier alpha value is -1.75. The van der Waals surface area contributed by atoms with Gasteiger partial charge in [0.05, 0.1) is 6.04 Å². The molecule has 1 fully saturated rings. The normalized spacial score (nSPS) is 15.5. The van der Waals surface area contributed by atoms with Crippen molar-refractivity contribution in [2.24, 2.45) is 0 Å². The van der Waals surface area contributed by atoms with Gasteiger partial charge in [0, 0.05) is 17.3 Å². The van der Waals surface area contributed by atoms with Crippen molar-refractivity contribution < 1.29 is 9.21 Å². The predicted molar refractivity (Wildman–Crippen MR) is 85.4 cm³/mol. The Morgan fingerprint density at radius 3 is 2.52 bits per heavy atom. The third kappa shape index (κ3) is 3.67. The molecule has 1 atom stereocenters. The second-order valence-corrected chi connectivity index (χ2v) is 6.11. The number of carbonyl (C=O) groups excluding carboxylic acids is 1. The molecule has 1 amide bonds. The van der Waals surface area contributed by atoms with Crippen molar-refractivity contribution in [3.05, 3.63) is 52.4 Å². The predicted octanol–water partition coefficient (Wildman–Crippen LogP) is 4.11. The molecule has 2 N–H and O–H groups in total. The number of anilines is 1. The first-order valence-electron chi connectivity index (χ1n) is 7.04. The van der Waals surface area contributed by atoms with Crippen LogP contribution in [0.1, 0.15) is 41.9 Å². The first-order valence-corrected chi connectivity index (χ1v) is 7.84. The van der Waals surface area contributed by atoms with E-state index in [2.05, 4.69) is 26.6 Å². The maximum absolute atomic E-state index is 11.9. The minimum absolute atomic E-state index is 0.00654. The summed E-state index contributed by atoms with van der Waals surface area (Å²) in [6.45, 7) is 2.03. The van der Waals surface area contributed by atoms with Crippen molar-refractivity contribution >= 4 is 27.5 Å². The number of carbonyl (C=O) groups is 1. The molecule has 5 heteroatoms. The van der Waals surface area contributed by atoms with Gasteiger partial charge in [-0.25, -0.2) is 0 Å². The van der Waals surface area contributed by atoms with Crippen molar-refractivity contribution in [2.75, 3.05) is 5.32 Å². The Bertz CT molecular complexity index is 632. The van der Waals surface area contributed by atoms with Crippen LogP contribution in [0, 0.1) is 0 Å². The second-order valence-electron chi connectivity index (χ2n) is 5.33. The molecular weight excluding hydrogens is 332 g/mol. The molecule has 1 aromatic carbocycles. The standard InChI is InChI=1S/C16H17BrN2O2/c1-10(14-8-9-15(17)21-14)18-12-4-2-11(3-5-12)16(20)19-13-6-7-13/h2-5,8-10,13,18H,6-7H2,1H3,(H,19,20). The van der Waals surface area contributed by atoms with E-state index in [0.717, 1.165) is 29.0 Å². The Morgan fingerprint density at radius 1 is 1.24 bits per heavy atom. The molecule has 3 rings (SSSR count). The number of halogens is 1. The second kappa shape index (κ2) is 5.93. The maximum Gasteiger partial charge on any atom is 0.251 e. The quantitative estimate of drug-likeness (QED) is 0.854. The summed E-state index contributed by atoms with van der Waals surface area (Å²) in [4.78, 5) is 11.9. The van der Waals surface area contributed by atoms with Gasteiger partial charge in [-0.05, 0) is 72.1 Å². The molecule has 1 heterocycles. The van der Waals surface area contributed by atoms with E-state index in [1.54, 1.807) is 0 Å². The average Bonchev–Trinajstić information content (AvgIpc) is 3.17. The van der Waals surface area contributed by atoms with Crippen LogP contribution in [0.3, 0.4) is 0 Å². The molecule has 1 unspecified atom stereocenters. The molecule has 0 spiro atoms. The van der Waals surface area contributed by atoms with E-state index in [1.807, 2.05) is 43.3 Å². The smallest absolute Gasteiger partial charge is 0.251 e. The van der Waals surface area contributed by atoms with E-state index in [4.69, 9.17) is 4.42 Å². The zero-order valence-corrected chi connectivity index (χ0v) is 13.3.